The highest BCUT2D eigenvalue weighted by Gasteiger charge is 2.43. The molecule has 2 nitrogen and oxygen atoms in total. The molecule has 118 valence electrons. The van der Waals surface area contributed by atoms with Crippen LogP contribution in [0.5, 0.6) is 0 Å². The lowest BCUT2D eigenvalue weighted by Gasteiger charge is -2.48. The maximum absolute atomic E-state index is 11.1. The van der Waals surface area contributed by atoms with Gasteiger partial charge in [0.25, 0.3) is 0 Å². The van der Waals surface area contributed by atoms with E-state index in [1.807, 2.05) is 0 Å². The van der Waals surface area contributed by atoms with Crippen LogP contribution >= 0.6 is 0 Å². The molecule has 1 aromatic rings. The van der Waals surface area contributed by atoms with E-state index in [1.54, 1.807) is 0 Å². The zero-order valence-electron chi connectivity index (χ0n) is 14.1. The van der Waals surface area contributed by atoms with Gasteiger partial charge in [-0.3, -0.25) is 0 Å². The van der Waals surface area contributed by atoms with Crippen LogP contribution in [0, 0.1) is 5.92 Å². The molecule has 1 aromatic carbocycles. The Morgan fingerprint density at radius 2 is 2.14 bits per heavy atom. The Kier molecular flexibility index (Phi) is 5.45. The van der Waals surface area contributed by atoms with E-state index in [1.165, 1.54) is 18.4 Å². The molecule has 0 heterocycles. The number of aliphatic hydroxyl groups is 1. The lowest BCUT2D eigenvalue weighted by Crippen LogP contribution is -2.52. The molecule has 2 heteroatoms. The largest absolute Gasteiger partial charge is 0.386 e. The van der Waals surface area contributed by atoms with E-state index >= 15 is 0 Å². The summed E-state index contributed by atoms with van der Waals surface area (Å²) in [7, 11) is 4.24. The van der Waals surface area contributed by atoms with E-state index in [2.05, 4.69) is 57.1 Å². The van der Waals surface area contributed by atoms with Crippen molar-refractivity contribution in [3.05, 3.63) is 35.4 Å². The first-order chi connectivity index (χ1) is 9.99. The normalized spacial score (nSPS) is 27.8. The van der Waals surface area contributed by atoms with Crippen molar-refractivity contribution in [2.24, 2.45) is 5.92 Å². The van der Waals surface area contributed by atoms with Crippen molar-refractivity contribution < 1.29 is 5.11 Å². The second-order valence-corrected chi connectivity index (χ2v) is 7.10. The van der Waals surface area contributed by atoms with Gasteiger partial charge in [0.2, 0.25) is 0 Å². The van der Waals surface area contributed by atoms with Crippen LogP contribution in [-0.4, -0.2) is 29.6 Å². The minimum Gasteiger partial charge on any atom is -0.386 e. The summed E-state index contributed by atoms with van der Waals surface area (Å²) in [6, 6.07) is 8.57. The quantitative estimate of drug-likeness (QED) is 0.879. The molecule has 0 amide bonds. The first-order valence-corrected chi connectivity index (χ1v) is 8.44. The Hall–Kier alpha value is -0.860. The molecule has 2 rings (SSSR count). The van der Waals surface area contributed by atoms with E-state index in [4.69, 9.17) is 0 Å². The fourth-order valence-corrected chi connectivity index (χ4v) is 3.98. The van der Waals surface area contributed by atoms with Crippen molar-refractivity contribution >= 4 is 0 Å². The molecule has 1 saturated carbocycles. The minimum atomic E-state index is -0.396. The summed E-state index contributed by atoms with van der Waals surface area (Å²) in [5.74, 6) is 0.689. The third-order valence-corrected chi connectivity index (χ3v) is 5.21. The Bertz CT molecular complexity index is 457. The van der Waals surface area contributed by atoms with Gasteiger partial charge in [0.15, 0.2) is 0 Å². The number of aryl methyl sites for hydroxylation is 1. The van der Waals surface area contributed by atoms with Crippen molar-refractivity contribution in [2.75, 3.05) is 14.1 Å². The third kappa shape index (κ3) is 3.49. The van der Waals surface area contributed by atoms with Crippen LogP contribution in [0.4, 0.5) is 0 Å². The minimum absolute atomic E-state index is 0.109. The predicted molar refractivity (Wildman–Crippen MR) is 89.4 cm³/mol. The average molecular weight is 289 g/mol. The fourth-order valence-electron chi connectivity index (χ4n) is 3.98. The standard InChI is InChI=1S/C19H31NO/c1-5-8-16-10-6-11-17(13-16)18(21)19(20(3)4)12-7-9-15(2)14-19/h6,10-11,13,15,18,21H,5,7-9,12,14H2,1-4H3. The number of benzene rings is 1. The maximum atomic E-state index is 11.1. The molecule has 1 aliphatic rings. The van der Waals surface area contributed by atoms with Crippen molar-refractivity contribution in [1.29, 1.82) is 0 Å². The molecule has 0 aromatic heterocycles. The molecule has 3 unspecified atom stereocenters. The van der Waals surface area contributed by atoms with Gasteiger partial charge in [-0.05, 0) is 50.4 Å². The Balaban J connectivity index is 2.30. The highest BCUT2D eigenvalue weighted by Crippen LogP contribution is 2.44. The first-order valence-electron chi connectivity index (χ1n) is 8.44. The highest BCUT2D eigenvalue weighted by molar-refractivity contribution is 5.28. The van der Waals surface area contributed by atoms with Gasteiger partial charge in [-0.25, -0.2) is 0 Å². The topological polar surface area (TPSA) is 23.5 Å². The number of aliphatic hydroxyl groups excluding tert-OH is 1. The summed E-state index contributed by atoms with van der Waals surface area (Å²) in [4.78, 5) is 2.26. The molecule has 21 heavy (non-hydrogen) atoms. The van der Waals surface area contributed by atoms with Crippen LogP contribution < -0.4 is 0 Å². The van der Waals surface area contributed by atoms with Gasteiger partial charge in [-0.2, -0.15) is 0 Å². The Morgan fingerprint density at radius 3 is 2.76 bits per heavy atom. The van der Waals surface area contributed by atoms with Gasteiger partial charge < -0.3 is 10.0 Å². The molecule has 0 saturated heterocycles. The van der Waals surface area contributed by atoms with Crippen molar-refractivity contribution in [1.82, 2.24) is 4.90 Å². The number of hydrogen-bond donors (Lipinski definition) is 1. The zero-order chi connectivity index (χ0) is 15.5. The van der Waals surface area contributed by atoms with E-state index in [9.17, 15) is 5.11 Å². The molecule has 0 aliphatic heterocycles. The van der Waals surface area contributed by atoms with Crippen LogP contribution in [0.3, 0.4) is 0 Å². The molecule has 0 spiro atoms. The van der Waals surface area contributed by atoms with Crippen molar-refractivity contribution in [3.8, 4) is 0 Å². The molecular formula is C19H31NO. The van der Waals surface area contributed by atoms with Gasteiger partial charge in [0.05, 0.1) is 11.6 Å². The second kappa shape index (κ2) is 6.93. The summed E-state index contributed by atoms with van der Waals surface area (Å²) >= 11 is 0. The Morgan fingerprint density at radius 1 is 1.38 bits per heavy atom. The van der Waals surface area contributed by atoms with Crippen molar-refractivity contribution in [2.45, 2.75) is 64.0 Å². The van der Waals surface area contributed by atoms with E-state index in [0.717, 1.165) is 31.2 Å². The molecule has 0 radical (unpaired) electrons. The van der Waals surface area contributed by atoms with E-state index in [-0.39, 0.29) is 5.54 Å². The van der Waals surface area contributed by atoms with E-state index in [0.29, 0.717) is 5.92 Å². The molecular weight excluding hydrogens is 258 g/mol. The average Bonchev–Trinajstić information content (AvgIpc) is 2.47. The summed E-state index contributed by atoms with van der Waals surface area (Å²) in [6.45, 7) is 4.52. The fraction of sp³-hybridized carbons (Fsp3) is 0.684. The zero-order valence-corrected chi connectivity index (χ0v) is 14.1. The third-order valence-electron chi connectivity index (χ3n) is 5.21. The number of hydrogen-bond acceptors (Lipinski definition) is 2. The van der Waals surface area contributed by atoms with Crippen LogP contribution in [0.25, 0.3) is 0 Å². The van der Waals surface area contributed by atoms with Crippen LogP contribution in [-0.2, 0) is 6.42 Å². The number of rotatable bonds is 5. The smallest absolute Gasteiger partial charge is 0.0973 e. The monoisotopic (exact) mass is 289 g/mol. The Labute approximate surface area is 130 Å². The lowest BCUT2D eigenvalue weighted by atomic mass is 9.70. The van der Waals surface area contributed by atoms with Gasteiger partial charge in [-0.1, -0.05) is 57.4 Å². The summed E-state index contributed by atoms with van der Waals surface area (Å²) < 4.78 is 0. The molecule has 1 aliphatic carbocycles. The SMILES string of the molecule is CCCc1cccc(C(O)C2(N(C)C)CCCC(C)C2)c1. The molecule has 0 bridgehead atoms. The summed E-state index contributed by atoms with van der Waals surface area (Å²) in [5.41, 5.74) is 2.32. The maximum Gasteiger partial charge on any atom is 0.0973 e. The van der Waals surface area contributed by atoms with Crippen molar-refractivity contribution in [3.63, 3.8) is 0 Å². The predicted octanol–water partition coefficient (Wildman–Crippen LogP) is 4.18. The van der Waals surface area contributed by atoms with Crippen LogP contribution in [0.1, 0.15) is 63.2 Å². The number of likely N-dealkylation sites (N-methyl/N-ethyl adjacent to an activating group) is 1. The molecule has 1 fully saturated rings. The van der Waals surface area contributed by atoms with Gasteiger partial charge >= 0.3 is 0 Å². The van der Waals surface area contributed by atoms with Gasteiger partial charge in [-0.15, -0.1) is 0 Å². The summed E-state index contributed by atoms with van der Waals surface area (Å²) in [5, 5.41) is 11.1. The second-order valence-electron chi connectivity index (χ2n) is 7.10. The molecule has 1 N–H and O–H groups in total. The van der Waals surface area contributed by atoms with E-state index < -0.39 is 6.10 Å². The van der Waals surface area contributed by atoms with Crippen LogP contribution in [0.2, 0.25) is 0 Å². The van der Waals surface area contributed by atoms with Gasteiger partial charge in [0.1, 0.15) is 0 Å². The number of nitrogens with zero attached hydrogens (tertiary/aromatic N) is 1. The lowest BCUT2D eigenvalue weighted by molar-refractivity contribution is -0.0451. The summed E-state index contributed by atoms with van der Waals surface area (Å²) in [6.07, 6.45) is 6.51. The first kappa shape index (κ1) is 16.5. The molecule has 3 atom stereocenters. The van der Waals surface area contributed by atoms with Crippen LogP contribution in [0.15, 0.2) is 24.3 Å². The highest BCUT2D eigenvalue weighted by atomic mass is 16.3. The van der Waals surface area contributed by atoms with Gasteiger partial charge in [0, 0.05) is 0 Å².